The average molecular weight is 523 g/mol. The molecule has 4 aliphatic rings. The highest BCUT2D eigenvalue weighted by atomic mass is 19.4. The molecule has 2 fully saturated rings. The normalized spacial score (nSPS) is 28.9. The number of amides is 1. The Morgan fingerprint density at radius 3 is 2.74 bits per heavy atom. The van der Waals surface area contributed by atoms with Gasteiger partial charge in [0.15, 0.2) is 0 Å². The number of ether oxygens (including phenoxy) is 1. The van der Waals surface area contributed by atoms with Crippen molar-refractivity contribution in [3.63, 3.8) is 0 Å². The van der Waals surface area contributed by atoms with Gasteiger partial charge in [-0.15, -0.1) is 6.58 Å². The number of aromatic hydroxyl groups is 1. The lowest BCUT2D eigenvalue weighted by molar-refractivity contribution is -0.137. The van der Waals surface area contributed by atoms with Crippen molar-refractivity contribution in [3.8, 4) is 23.3 Å². The van der Waals surface area contributed by atoms with E-state index in [0.717, 1.165) is 67.8 Å². The zero-order valence-corrected chi connectivity index (χ0v) is 21.1. The number of benzene rings is 2. The lowest BCUT2D eigenvalue weighted by Crippen LogP contribution is -2.68. The molecule has 5 nitrogen and oxygen atoms in total. The maximum atomic E-state index is 13.2. The molecule has 2 heterocycles. The molecule has 1 N–H and O–H groups in total. The van der Waals surface area contributed by atoms with Crippen molar-refractivity contribution in [2.24, 2.45) is 5.92 Å². The van der Waals surface area contributed by atoms with Crippen LogP contribution in [0.5, 0.6) is 11.5 Å². The summed E-state index contributed by atoms with van der Waals surface area (Å²) < 4.78 is 45.2. The molecule has 0 radical (unpaired) electrons. The minimum atomic E-state index is -4.42. The van der Waals surface area contributed by atoms with Gasteiger partial charge in [0.1, 0.15) is 17.6 Å². The number of nitrogens with zero attached hydrogens (tertiary/aromatic N) is 2. The summed E-state index contributed by atoms with van der Waals surface area (Å²) in [5.74, 6) is 6.38. The van der Waals surface area contributed by atoms with Crippen LogP contribution in [0.15, 0.2) is 49.1 Å². The van der Waals surface area contributed by atoms with Crippen molar-refractivity contribution < 1.29 is 27.8 Å². The van der Waals surface area contributed by atoms with E-state index in [0.29, 0.717) is 17.2 Å². The molecule has 2 bridgehead atoms. The summed E-state index contributed by atoms with van der Waals surface area (Å²) in [6.45, 7) is 5.62. The van der Waals surface area contributed by atoms with Crippen molar-refractivity contribution in [2.75, 3.05) is 20.1 Å². The Hall–Kier alpha value is -3.44. The van der Waals surface area contributed by atoms with Crippen LogP contribution in [0.25, 0.3) is 0 Å². The van der Waals surface area contributed by atoms with E-state index >= 15 is 0 Å². The van der Waals surface area contributed by atoms with Gasteiger partial charge in [-0.2, -0.15) is 13.2 Å². The monoisotopic (exact) mass is 522 g/mol. The van der Waals surface area contributed by atoms with Gasteiger partial charge >= 0.3 is 6.18 Å². The number of carbonyl (C=O) groups excluding carboxylic acids is 1. The number of halogens is 3. The molecule has 8 heteroatoms. The van der Waals surface area contributed by atoms with Crippen molar-refractivity contribution in [1.29, 1.82) is 0 Å². The van der Waals surface area contributed by atoms with Gasteiger partial charge in [-0.25, -0.2) is 0 Å². The maximum absolute atomic E-state index is 13.2. The fourth-order valence-corrected chi connectivity index (χ4v) is 7.51. The molecule has 198 valence electrons. The van der Waals surface area contributed by atoms with E-state index < -0.39 is 17.6 Å². The van der Waals surface area contributed by atoms with Crippen LogP contribution in [0.2, 0.25) is 0 Å². The number of hydrogen-bond donors (Lipinski definition) is 1. The van der Waals surface area contributed by atoms with E-state index in [1.165, 1.54) is 12.1 Å². The van der Waals surface area contributed by atoms with Gasteiger partial charge in [0.2, 0.25) is 0 Å². The minimum absolute atomic E-state index is 0.215. The molecular formula is C30H29F3N2O3. The Balaban J connectivity index is 1.30. The van der Waals surface area contributed by atoms with Crippen LogP contribution in [0.4, 0.5) is 13.2 Å². The molecular weight excluding hydrogens is 493 g/mol. The lowest BCUT2D eigenvalue weighted by Gasteiger charge is -2.60. The zero-order chi connectivity index (χ0) is 26.8. The fraction of sp³-hybridized carbons (Fsp3) is 0.433. The Labute approximate surface area is 219 Å². The summed E-state index contributed by atoms with van der Waals surface area (Å²) in [4.78, 5) is 17.3. The van der Waals surface area contributed by atoms with Crippen molar-refractivity contribution >= 4 is 5.91 Å². The number of likely N-dealkylation sites (N-methyl/N-ethyl adjacent to an activating group) is 1. The molecule has 1 spiro atoms. The second-order valence-electron chi connectivity index (χ2n) is 10.8. The van der Waals surface area contributed by atoms with E-state index in [1.54, 1.807) is 18.0 Å². The summed E-state index contributed by atoms with van der Waals surface area (Å²) in [6, 6.07) is 8.08. The number of phenols is 1. The number of piperidine rings is 1. The largest absolute Gasteiger partial charge is 0.508 e. The van der Waals surface area contributed by atoms with Gasteiger partial charge in [0, 0.05) is 47.7 Å². The second kappa shape index (κ2) is 8.81. The summed E-state index contributed by atoms with van der Waals surface area (Å²) in [6.07, 6.45) is 0.563. The zero-order valence-electron chi connectivity index (χ0n) is 21.1. The molecule has 2 aromatic carbocycles. The summed E-state index contributed by atoms with van der Waals surface area (Å²) in [7, 11) is 1.73. The molecule has 2 aromatic rings. The third-order valence-corrected chi connectivity index (χ3v) is 9.13. The van der Waals surface area contributed by atoms with Crippen molar-refractivity contribution in [3.05, 3.63) is 71.3 Å². The topological polar surface area (TPSA) is 53.0 Å². The summed E-state index contributed by atoms with van der Waals surface area (Å²) in [5, 5.41) is 10.8. The molecule has 0 aromatic heterocycles. The molecule has 38 heavy (non-hydrogen) atoms. The quantitative estimate of drug-likeness (QED) is 0.476. The van der Waals surface area contributed by atoms with Crippen LogP contribution in [-0.4, -0.2) is 59.1 Å². The highest BCUT2D eigenvalue weighted by Crippen LogP contribution is 2.63. The molecule has 1 saturated carbocycles. The predicted octanol–water partition coefficient (Wildman–Crippen LogP) is 4.51. The van der Waals surface area contributed by atoms with Crippen LogP contribution in [0.1, 0.15) is 41.5 Å². The van der Waals surface area contributed by atoms with E-state index in [9.17, 15) is 23.1 Å². The SMILES string of the molecule is C=CCN1CC[C@@]23c4c5ccc(O)c4C[C@@H]1[C@@H]2CC[C@H](N(C)C(=O)C#Cc1ccc(C(F)(F)F)cc1)[C@@H]3O5. The van der Waals surface area contributed by atoms with E-state index in [2.05, 4.69) is 23.3 Å². The van der Waals surface area contributed by atoms with Gasteiger partial charge < -0.3 is 14.7 Å². The van der Waals surface area contributed by atoms with Crippen molar-refractivity contribution in [2.45, 2.75) is 55.5 Å². The first-order valence-corrected chi connectivity index (χ1v) is 13.0. The predicted molar refractivity (Wildman–Crippen MR) is 136 cm³/mol. The van der Waals surface area contributed by atoms with Gasteiger partial charge in [-0.1, -0.05) is 12.0 Å². The first-order chi connectivity index (χ1) is 18.1. The third kappa shape index (κ3) is 3.63. The van der Waals surface area contributed by atoms with Crippen LogP contribution >= 0.6 is 0 Å². The fourth-order valence-electron chi connectivity index (χ4n) is 7.51. The molecule has 2 aliphatic carbocycles. The van der Waals surface area contributed by atoms with Crippen LogP contribution < -0.4 is 4.74 Å². The number of phenolic OH excluding ortho intramolecular Hbond substituents is 1. The van der Waals surface area contributed by atoms with E-state index in [-0.39, 0.29) is 23.6 Å². The maximum Gasteiger partial charge on any atom is 0.416 e. The van der Waals surface area contributed by atoms with Crippen molar-refractivity contribution in [1.82, 2.24) is 9.80 Å². The van der Waals surface area contributed by atoms with E-state index in [4.69, 9.17) is 4.74 Å². The molecule has 6 rings (SSSR count). The molecule has 0 unspecified atom stereocenters. The molecule has 1 saturated heterocycles. The smallest absolute Gasteiger partial charge is 0.416 e. The summed E-state index contributed by atoms with van der Waals surface area (Å²) in [5.41, 5.74) is 1.37. The molecule has 2 aliphatic heterocycles. The van der Waals surface area contributed by atoms with Gasteiger partial charge in [0.05, 0.1) is 11.6 Å². The van der Waals surface area contributed by atoms with Crippen LogP contribution in [0.3, 0.4) is 0 Å². The number of rotatable bonds is 3. The standard InChI is InChI=1S/C30H29F3N2O3/c1-3-15-35-16-14-29-21-9-10-22(28(29)38-25-12-11-24(36)20(27(25)29)17-23(21)35)34(2)26(37)13-6-18-4-7-19(8-5-18)30(31,32)33/h3-5,7-8,11-12,21-23,28,36H,1,9-10,14-17H2,2H3/t21-,22-,23+,28-,29-/m0/s1. The summed E-state index contributed by atoms with van der Waals surface area (Å²) >= 11 is 0. The lowest BCUT2D eigenvalue weighted by atomic mass is 9.51. The van der Waals surface area contributed by atoms with Gasteiger partial charge in [-0.3, -0.25) is 9.69 Å². The number of carbonyl (C=O) groups is 1. The Morgan fingerprint density at radius 2 is 2.03 bits per heavy atom. The third-order valence-electron chi connectivity index (χ3n) is 9.13. The Bertz CT molecular complexity index is 1360. The highest BCUT2D eigenvalue weighted by Gasteiger charge is 2.66. The van der Waals surface area contributed by atoms with Crippen LogP contribution in [0, 0.1) is 17.8 Å². The average Bonchev–Trinajstić information content (AvgIpc) is 3.23. The second-order valence-corrected chi connectivity index (χ2v) is 10.8. The molecule has 1 amide bonds. The first-order valence-electron chi connectivity index (χ1n) is 13.0. The minimum Gasteiger partial charge on any atom is -0.508 e. The molecule has 5 atom stereocenters. The van der Waals surface area contributed by atoms with Gasteiger partial charge in [-0.05, 0) is 74.5 Å². The van der Waals surface area contributed by atoms with E-state index in [1.807, 2.05) is 12.1 Å². The van der Waals surface area contributed by atoms with Crippen LogP contribution in [-0.2, 0) is 22.8 Å². The first kappa shape index (κ1) is 24.9. The highest BCUT2D eigenvalue weighted by molar-refractivity contribution is 5.94. The van der Waals surface area contributed by atoms with Gasteiger partial charge in [0.25, 0.3) is 5.91 Å². The number of hydrogen-bond acceptors (Lipinski definition) is 4. The number of alkyl halides is 3. The Morgan fingerprint density at radius 1 is 1.26 bits per heavy atom. The number of likely N-dealkylation sites (tertiary alicyclic amines) is 1. The Kier molecular flexibility index (Phi) is 5.76.